The van der Waals surface area contributed by atoms with Crippen LogP contribution < -0.4 is 10.6 Å². The van der Waals surface area contributed by atoms with Gasteiger partial charge in [-0.05, 0) is 29.8 Å². The van der Waals surface area contributed by atoms with E-state index in [1.807, 2.05) is 47.0 Å². The Bertz CT molecular complexity index is 1010. The van der Waals surface area contributed by atoms with Gasteiger partial charge < -0.3 is 5.32 Å². The molecule has 1 aliphatic rings. The maximum atomic E-state index is 11.7. The van der Waals surface area contributed by atoms with Crippen LogP contribution >= 0.6 is 27.7 Å². The number of imide groups is 1. The van der Waals surface area contributed by atoms with Gasteiger partial charge in [0.1, 0.15) is 5.82 Å². The third-order valence-electron chi connectivity index (χ3n) is 4.44. The molecule has 1 atom stereocenters. The van der Waals surface area contributed by atoms with E-state index < -0.39 is 6.03 Å². The molecule has 2 heterocycles. The van der Waals surface area contributed by atoms with Crippen LogP contribution in [0.5, 0.6) is 0 Å². The summed E-state index contributed by atoms with van der Waals surface area (Å²) in [6.07, 6.45) is 0.634. The Balaban J connectivity index is 1.59. The Hall–Kier alpha value is -2.65. The van der Waals surface area contributed by atoms with Crippen molar-refractivity contribution in [1.29, 1.82) is 0 Å². The average molecular weight is 472 g/mol. The highest BCUT2D eigenvalue weighted by atomic mass is 79.9. The Morgan fingerprint density at radius 2 is 1.83 bits per heavy atom. The number of rotatable bonds is 6. The highest BCUT2D eigenvalue weighted by molar-refractivity contribution is 9.10. The van der Waals surface area contributed by atoms with Crippen molar-refractivity contribution < 1.29 is 9.59 Å². The molecule has 0 saturated carbocycles. The quantitative estimate of drug-likeness (QED) is 0.537. The summed E-state index contributed by atoms with van der Waals surface area (Å²) in [6.45, 7) is 0. The third-order valence-corrected chi connectivity index (χ3v) is 5.97. The Morgan fingerprint density at radius 3 is 2.55 bits per heavy atom. The number of nitrogens with one attached hydrogen (secondary N) is 2. The van der Waals surface area contributed by atoms with Gasteiger partial charge in [-0.3, -0.25) is 14.7 Å². The van der Waals surface area contributed by atoms with E-state index in [0.29, 0.717) is 12.2 Å². The maximum absolute atomic E-state index is 11.7. The van der Waals surface area contributed by atoms with Gasteiger partial charge in [0.25, 0.3) is 0 Å². The summed E-state index contributed by atoms with van der Waals surface area (Å²) < 4.78 is 3.03. The molecule has 4 rings (SSSR count). The number of halogens is 1. The first-order valence-electron chi connectivity index (χ1n) is 9.06. The van der Waals surface area contributed by atoms with Crippen LogP contribution in [-0.2, 0) is 17.0 Å². The topological polar surface area (TPSA) is 88.9 Å². The van der Waals surface area contributed by atoms with Crippen molar-refractivity contribution in [3.8, 4) is 5.69 Å². The third kappa shape index (κ3) is 4.86. The van der Waals surface area contributed by atoms with E-state index in [0.717, 1.165) is 21.1 Å². The van der Waals surface area contributed by atoms with E-state index in [4.69, 9.17) is 0 Å². The smallest absolute Gasteiger partial charge is 0.321 e. The first kappa shape index (κ1) is 19.7. The first-order chi connectivity index (χ1) is 14.1. The summed E-state index contributed by atoms with van der Waals surface area (Å²) in [5, 5.41) is 14.5. The molecule has 0 aliphatic carbocycles. The van der Waals surface area contributed by atoms with Gasteiger partial charge in [-0.2, -0.15) is 0 Å². The van der Waals surface area contributed by atoms with Crippen LogP contribution in [0, 0.1) is 0 Å². The van der Waals surface area contributed by atoms with Gasteiger partial charge in [0, 0.05) is 34.8 Å². The monoisotopic (exact) mass is 471 g/mol. The van der Waals surface area contributed by atoms with Crippen LogP contribution in [0.25, 0.3) is 5.69 Å². The number of para-hydroxylation sites is 1. The fourth-order valence-corrected chi connectivity index (χ4v) is 4.30. The molecule has 1 aliphatic heterocycles. The number of amides is 3. The van der Waals surface area contributed by atoms with Crippen molar-refractivity contribution >= 4 is 39.6 Å². The first-order valence-corrected chi connectivity index (χ1v) is 10.8. The van der Waals surface area contributed by atoms with Gasteiger partial charge in [-0.1, -0.05) is 58.0 Å². The van der Waals surface area contributed by atoms with E-state index in [-0.39, 0.29) is 18.4 Å². The fourth-order valence-electron chi connectivity index (χ4n) is 3.11. The van der Waals surface area contributed by atoms with Gasteiger partial charge >= 0.3 is 6.03 Å². The summed E-state index contributed by atoms with van der Waals surface area (Å²) in [4.78, 5) is 23.3. The fraction of sp³-hybridized carbons (Fsp3) is 0.200. The van der Waals surface area contributed by atoms with Gasteiger partial charge in [0.05, 0.1) is 0 Å². The van der Waals surface area contributed by atoms with Crippen molar-refractivity contribution in [2.45, 2.75) is 29.8 Å². The molecule has 0 radical (unpaired) electrons. The molecule has 1 aromatic heterocycles. The zero-order valence-corrected chi connectivity index (χ0v) is 17.7. The largest absolute Gasteiger partial charge is 0.334 e. The molecule has 1 unspecified atom stereocenters. The summed E-state index contributed by atoms with van der Waals surface area (Å²) in [5.41, 5.74) is 2.12. The highest BCUT2D eigenvalue weighted by Crippen LogP contribution is 2.26. The zero-order chi connectivity index (χ0) is 20.2. The van der Waals surface area contributed by atoms with Crippen LogP contribution in [0.1, 0.15) is 17.8 Å². The van der Waals surface area contributed by atoms with Crippen LogP contribution in [0.15, 0.2) is 64.2 Å². The second-order valence-electron chi connectivity index (χ2n) is 6.61. The molecule has 148 valence electrons. The normalized spacial score (nSPS) is 16.4. The molecule has 1 saturated heterocycles. The van der Waals surface area contributed by atoms with Crippen molar-refractivity contribution in [1.82, 2.24) is 25.4 Å². The molecule has 2 N–H and O–H groups in total. The maximum Gasteiger partial charge on any atom is 0.321 e. The second kappa shape index (κ2) is 8.79. The summed E-state index contributed by atoms with van der Waals surface area (Å²) in [7, 11) is 0. The Morgan fingerprint density at radius 1 is 1.07 bits per heavy atom. The van der Waals surface area contributed by atoms with E-state index in [9.17, 15) is 9.59 Å². The molecule has 9 heteroatoms. The van der Waals surface area contributed by atoms with E-state index >= 15 is 0 Å². The Kier molecular flexibility index (Phi) is 5.96. The molecular formula is C20H18BrN5O2S. The molecule has 2 aromatic carbocycles. The average Bonchev–Trinajstić information content (AvgIpc) is 3.10. The molecule has 3 amide bonds. The van der Waals surface area contributed by atoms with E-state index in [1.165, 1.54) is 5.56 Å². The number of hydrogen-bond donors (Lipinski definition) is 2. The highest BCUT2D eigenvalue weighted by Gasteiger charge is 2.26. The predicted molar refractivity (Wildman–Crippen MR) is 114 cm³/mol. The number of thioether (sulfide) groups is 1. The predicted octanol–water partition coefficient (Wildman–Crippen LogP) is 3.46. The lowest BCUT2D eigenvalue weighted by atomic mass is 10.1. The molecule has 7 nitrogen and oxygen atoms in total. The van der Waals surface area contributed by atoms with Gasteiger partial charge in [-0.15, -0.1) is 10.2 Å². The lowest BCUT2D eigenvalue weighted by molar-refractivity contribution is -0.121. The van der Waals surface area contributed by atoms with Gasteiger partial charge in [0.2, 0.25) is 5.91 Å². The minimum atomic E-state index is -0.470. The van der Waals surface area contributed by atoms with Crippen molar-refractivity contribution in [2.75, 3.05) is 0 Å². The molecule has 0 spiro atoms. The zero-order valence-electron chi connectivity index (χ0n) is 15.3. The van der Waals surface area contributed by atoms with Crippen LogP contribution in [-0.4, -0.2) is 32.7 Å². The summed E-state index contributed by atoms with van der Waals surface area (Å²) in [6, 6.07) is 17.2. The lowest BCUT2D eigenvalue weighted by Crippen LogP contribution is -2.53. The minimum absolute atomic E-state index is 0.217. The Labute approximate surface area is 180 Å². The number of carbonyl (C=O) groups is 2. The van der Waals surface area contributed by atoms with Crippen molar-refractivity contribution in [3.05, 3.63) is 70.5 Å². The van der Waals surface area contributed by atoms with Gasteiger partial charge in [-0.25, -0.2) is 4.79 Å². The minimum Gasteiger partial charge on any atom is -0.334 e. The number of carbonyl (C=O) groups excluding carboxylic acids is 2. The second-order valence-corrected chi connectivity index (χ2v) is 8.47. The molecular weight excluding hydrogens is 454 g/mol. The van der Waals surface area contributed by atoms with Crippen molar-refractivity contribution in [2.24, 2.45) is 0 Å². The number of urea groups is 1. The summed E-state index contributed by atoms with van der Waals surface area (Å²) >= 11 is 5.04. The van der Waals surface area contributed by atoms with Gasteiger partial charge in [0.15, 0.2) is 5.16 Å². The molecule has 1 fully saturated rings. The number of benzene rings is 2. The number of nitrogens with zero attached hydrogens (tertiary/aromatic N) is 3. The van der Waals surface area contributed by atoms with Crippen LogP contribution in [0.3, 0.4) is 0 Å². The summed E-state index contributed by atoms with van der Waals surface area (Å²) in [5.74, 6) is 1.17. The van der Waals surface area contributed by atoms with Crippen molar-refractivity contribution in [3.63, 3.8) is 0 Å². The van der Waals surface area contributed by atoms with Crippen LogP contribution in [0.4, 0.5) is 4.79 Å². The van der Waals surface area contributed by atoms with E-state index in [2.05, 4.69) is 48.9 Å². The van der Waals surface area contributed by atoms with Crippen LogP contribution in [0.2, 0.25) is 0 Å². The number of hydrogen-bond acceptors (Lipinski definition) is 5. The lowest BCUT2D eigenvalue weighted by Gasteiger charge is -2.23. The molecule has 29 heavy (non-hydrogen) atoms. The SMILES string of the molecule is O=C1CC(Cc2nnc(SCc3ccc(Br)cc3)n2-c2ccccc2)NC(=O)N1. The van der Waals surface area contributed by atoms with E-state index in [1.54, 1.807) is 11.8 Å². The molecule has 0 bridgehead atoms. The standard InChI is InChI=1S/C20H18BrN5O2S/c21-14-8-6-13(7-9-14)12-29-20-25-24-17(26(20)16-4-2-1-3-5-16)10-15-11-18(27)23-19(28)22-15/h1-9,15H,10-12H2,(H2,22,23,27,28). The number of aromatic nitrogens is 3. The molecule has 3 aromatic rings.